The molecule has 2 aromatic carbocycles. The number of anilines is 1. The van der Waals surface area contributed by atoms with E-state index in [4.69, 9.17) is 11.5 Å². The molecule has 0 saturated carbocycles. The monoisotopic (exact) mass is 537 g/mol. The average molecular weight is 538 g/mol. The molecular formula is C24H26F3N5O4S. The number of hydroxylamine groups is 2. The molecule has 2 amide bonds. The van der Waals surface area contributed by atoms with Crippen LogP contribution in [0, 0.1) is 0 Å². The van der Waals surface area contributed by atoms with Gasteiger partial charge in [-0.3, -0.25) is 9.59 Å². The average Bonchev–Trinajstić information content (AvgIpc) is 3.37. The van der Waals surface area contributed by atoms with Gasteiger partial charge in [0.25, 0.3) is 11.8 Å². The maximum Gasteiger partial charge on any atom is 0.493 e. The van der Waals surface area contributed by atoms with Crippen LogP contribution >= 0.6 is 11.3 Å². The number of alkyl halides is 3. The van der Waals surface area contributed by atoms with Gasteiger partial charge >= 0.3 is 12.1 Å². The standard InChI is InChI=1S/C24H26F3N5O4S/c1-23(9-4-10-28,21(34)31-17-8-7-15-5-2-3-6-16(15)13-17)32(36-22(35)24(25,26)27)20(33)18(29)14-19-30-11-12-37-19/h2-3,5-8,11-13,18H,4,9-10,14,28-29H2,1H3,(H,31,34)/t18-,23-/m0/s1. The van der Waals surface area contributed by atoms with E-state index in [0.29, 0.717) is 10.7 Å². The van der Waals surface area contributed by atoms with Crippen LogP contribution in [0.3, 0.4) is 0 Å². The van der Waals surface area contributed by atoms with Gasteiger partial charge in [0.15, 0.2) is 5.54 Å². The second-order valence-corrected chi connectivity index (χ2v) is 9.41. The summed E-state index contributed by atoms with van der Waals surface area (Å²) in [5.41, 5.74) is 9.82. The van der Waals surface area contributed by atoms with Crippen LogP contribution in [0.1, 0.15) is 24.8 Å². The molecule has 3 aromatic rings. The number of amides is 2. The lowest BCUT2D eigenvalue weighted by molar-refractivity contribution is -0.252. The van der Waals surface area contributed by atoms with Crippen LogP contribution in [-0.4, -0.2) is 52.1 Å². The second-order valence-electron chi connectivity index (χ2n) is 8.43. The highest BCUT2D eigenvalue weighted by Crippen LogP contribution is 2.29. The number of benzene rings is 2. The fraction of sp³-hybridized carbons (Fsp3) is 0.333. The number of thiazole rings is 1. The summed E-state index contributed by atoms with van der Waals surface area (Å²) in [5.74, 6) is -4.75. The Morgan fingerprint density at radius 1 is 1.16 bits per heavy atom. The quantitative estimate of drug-likeness (QED) is 0.356. The summed E-state index contributed by atoms with van der Waals surface area (Å²) in [7, 11) is 0. The largest absolute Gasteiger partial charge is 0.493 e. The molecule has 9 nitrogen and oxygen atoms in total. The van der Waals surface area contributed by atoms with Gasteiger partial charge in [0.05, 0.1) is 11.0 Å². The fourth-order valence-electron chi connectivity index (χ4n) is 3.59. The van der Waals surface area contributed by atoms with Crippen molar-refractivity contribution >= 4 is 45.6 Å². The van der Waals surface area contributed by atoms with E-state index in [-0.39, 0.29) is 30.9 Å². The number of nitrogens with zero attached hydrogens (tertiary/aromatic N) is 2. The normalized spacial score (nSPS) is 14.0. The predicted octanol–water partition coefficient (Wildman–Crippen LogP) is 3.15. The first kappa shape index (κ1) is 28.0. The maximum absolute atomic E-state index is 13.5. The molecule has 1 heterocycles. The molecule has 0 bridgehead atoms. The van der Waals surface area contributed by atoms with Crippen molar-refractivity contribution < 1.29 is 32.4 Å². The Morgan fingerprint density at radius 3 is 2.49 bits per heavy atom. The molecular weight excluding hydrogens is 511 g/mol. The van der Waals surface area contributed by atoms with Crippen molar-refractivity contribution in [2.75, 3.05) is 11.9 Å². The van der Waals surface area contributed by atoms with Crippen LogP contribution < -0.4 is 16.8 Å². The van der Waals surface area contributed by atoms with Crippen LogP contribution in [0.25, 0.3) is 10.8 Å². The summed E-state index contributed by atoms with van der Waals surface area (Å²) in [6.45, 7) is 1.25. The zero-order chi connectivity index (χ0) is 27.2. The van der Waals surface area contributed by atoms with E-state index in [1.807, 2.05) is 18.2 Å². The van der Waals surface area contributed by atoms with Crippen molar-refractivity contribution in [2.24, 2.45) is 11.5 Å². The van der Waals surface area contributed by atoms with Gasteiger partial charge in [0, 0.05) is 23.7 Å². The molecule has 37 heavy (non-hydrogen) atoms. The number of carbonyl (C=O) groups is 3. The summed E-state index contributed by atoms with van der Waals surface area (Å²) in [6.07, 6.45) is -4.20. The van der Waals surface area contributed by atoms with Crippen molar-refractivity contribution in [1.29, 1.82) is 0 Å². The highest BCUT2D eigenvalue weighted by atomic mass is 32.1. The first-order valence-corrected chi connectivity index (χ1v) is 12.1. The van der Waals surface area contributed by atoms with Gasteiger partial charge in [-0.25, -0.2) is 9.78 Å². The van der Waals surface area contributed by atoms with Crippen molar-refractivity contribution in [1.82, 2.24) is 10.0 Å². The number of fused-ring (bicyclic) bond motifs is 1. The molecule has 0 saturated heterocycles. The lowest BCUT2D eigenvalue weighted by Gasteiger charge is -2.39. The minimum atomic E-state index is -5.43. The number of carbonyl (C=O) groups excluding carboxylic acids is 3. The lowest BCUT2D eigenvalue weighted by Crippen LogP contribution is -2.62. The molecule has 1 aromatic heterocycles. The third kappa shape index (κ3) is 6.81. The van der Waals surface area contributed by atoms with Crippen LogP contribution in [0.4, 0.5) is 18.9 Å². The van der Waals surface area contributed by atoms with E-state index in [2.05, 4.69) is 15.1 Å². The first-order chi connectivity index (χ1) is 17.5. The predicted molar refractivity (Wildman–Crippen MR) is 132 cm³/mol. The first-order valence-electron chi connectivity index (χ1n) is 11.2. The van der Waals surface area contributed by atoms with E-state index in [9.17, 15) is 27.6 Å². The van der Waals surface area contributed by atoms with Gasteiger partial charge in [0.1, 0.15) is 0 Å². The summed E-state index contributed by atoms with van der Waals surface area (Å²) >= 11 is 1.18. The Morgan fingerprint density at radius 2 is 1.86 bits per heavy atom. The Labute approximate surface area is 214 Å². The summed E-state index contributed by atoms with van der Waals surface area (Å²) in [6, 6.07) is 10.9. The van der Waals surface area contributed by atoms with E-state index in [0.717, 1.165) is 10.8 Å². The lowest BCUT2D eigenvalue weighted by atomic mass is 9.92. The number of aromatic nitrogens is 1. The number of hydrogen-bond donors (Lipinski definition) is 3. The molecule has 13 heteroatoms. The number of halogens is 3. The van der Waals surface area contributed by atoms with Gasteiger partial charge < -0.3 is 21.6 Å². The van der Waals surface area contributed by atoms with Gasteiger partial charge in [0.2, 0.25) is 0 Å². The van der Waals surface area contributed by atoms with E-state index in [1.165, 1.54) is 24.5 Å². The van der Waals surface area contributed by atoms with Gasteiger partial charge in [-0.1, -0.05) is 30.3 Å². The molecule has 0 radical (unpaired) electrons. The van der Waals surface area contributed by atoms with Gasteiger partial charge in [-0.15, -0.1) is 11.3 Å². The third-order valence-electron chi connectivity index (χ3n) is 5.61. The molecule has 5 N–H and O–H groups in total. The molecule has 0 unspecified atom stereocenters. The minimum absolute atomic E-state index is 0.0548. The number of nitrogens with one attached hydrogen (secondary N) is 1. The van der Waals surface area contributed by atoms with Crippen LogP contribution in [0.15, 0.2) is 54.0 Å². The van der Waals surface area contributed by atoms with E-state index >= 15 is 0 Å². The van der Waals surface area contributed by atoms with Crippen LogP contribution in [0.2, 0.25) is 0 Å². The van der Waals surface area contributed by atoms with Crippen molar-refractivity contribution in [3.8, 4) is 0 Å². The topological polar surface area (TPSA) is 141 Å². The Hall–Kier alpha value is -3.55. The highest BCUT2D eigenvalue weighted by Gasteiger charge is 2.50. The SMILES string of the molecule is C[C@](CCCN)(C(=O)Nc1ccc2ccccc2c1)N(OC(=O)C(F)(F)F)C(=O)[C@@H](N)Cc1nccs1. The van der Waals surface area contributed by atoms with Crippen LogP contribution in [-0.2, 0) is 25.6 Å². The minimum Gasteiger partial charge on any atom is -0.330 e. The van der Waals surface area contributed by atoms with Crippen molar-refractivity contribution in [3.63, 3.8) is 0 Å². The van der Waals surface area contributed by atoms with Gasteiger partial charge in [-0.2, -0.15) is 18.2 Å². The Balaban J connectivity index is 1.97. The summed E-state index contributed by atoms with van der Waals surface area (Å²) in [5, 5.41) is 6.52. The zero-order valence-electron chi connectivity index (χ0n) is 19.8. The molecule has 198 valence electrons. The Bertz CT molecular complexity index is 1250. The highest BCUT2D eigenvalue weighted by molar-refractivity contribution is 7.09. The summed E-state index contributed by atoms with van der Waals surface area (Å²) in [4.78, 5) is 47.2. The zero-order valence-corrected chi connectivity index (χ0v) is 20.6. The molecule has 0 spiro atoms. The van der Waals surface area contributed by atoms with Crippen LogP contribution in [0.5, 0.6) is 0 Å². The molecule has 2 atom stereocenters. The summed E-state index contributed by atoms with van der Waals surface area (Å²) < 4.78 is 39.4. The van der Waals surface area contributed by atoms with E-state index in [1.54, 1.807) is 29.6 Å². The smallest absolute Gasteiger partial charge is 0.330 e. The molecule has 0 aliphatic rings. The Kier molecular flexibility index (Phi) is 8.84. The number of hydrogen-bond acceptors (Lipinski definition) is 8. The van der Waals surface area contributed by atoms with Crippen molar-refractivity contribution in [2.45, 2.75) is 43.9 Å². The second kappa shape index (κ2) is 11.7. The fourth-order valence-corrected chi connectivity index (χ4v) is 4.27. The molecule has 3 rings (SSSR count). The molecule has 0 aliphatic heterocycles. The van der Waals surface area contributed by atoms with Crippen molar-refractivity contribution in [3.05, 3.63) is 59.0 Å². The third-order valence-corrected chi connectivity index (χ3v) is 6.42. The molecule has 0 fully saturated rings. The maximum atomic E-state index is 13.5. The number of rotatable bonds is 9. The number of nitrogens with two attached hydrogens (primary N) is 2. The van der Waals surface area contributed by atoms with Gasteiger partial charge in [-0.05, 0) is 49.2 Å². The van der Waals surface area contributed by atoms with E-state index < -0.39 is 35.5 Å². The molecule has 0 aliphatic carbocycles.